The molecule has 1 amide bonds. The maximum Gasteiger partial charge on any atom is 0.291 e. The largest absolute Gasteiger partial charge is 0.378 e. The van der Waals surface area contributed by atoms with E-state index >= 15 is 0 Å². The van der Waals surface area contributed by atoms with Gasteiger partial charge in [-0.2, -0.15) is 0 Å². The van der Waals surface area contributed by atoms with Crippen LogP contribution in [0.4, 0.5) is 5.69 Å². The Kier molecular flexibility index (Phi) is 4.71. The maximum absolute atomic E-state index is 12.3. The van der Waals surface area contributed by atoms with Crippen LogP contribution in [-0.2, 0) is 9.47 Å². The zero-order valence-corrected chi connectivity index (χ0v) is 14.0. The number of morpholine rings is 1. The Labute approximate surface area is 145 Å². The fraction of sp³-hybridized carbons (Fsp3) is 0.529. The first-order valence-electron chi connectivity index (χ1n) is 8.66. The quantitative estimate of drug-likeness (QED) is 0.877. The molecule has 4 rings (SSSR count). The van der Waals surface area contributed by atoms with Crippen LogP contribution in [0, 0.1) is 0 Å². The van der Waals surface area contributed by atoms with E-state index in [0.29, 0.717) is 17.6 Å². The number of carbonyl (C=O) groups is 1. The minimum absolute atomic E-state index is 0.0876. The molecule has 2 aromatic rings. The molecule has 2 aliphatic rings. The lowest BCUT2D eigenvalue weighted by Gasteiger charge is -2.28. The third-order valence-electron chi connectivity index (χ3n) is 4.53. The number of amides is 1. The first-order chi connectivity index (χ1) is 12.3. The summed E-state index contributed by atoms with van der Waals surface area (Å²) in [5.41, 5.74) is 2.40. The normalized spacial score (nSPS) is 20.8. The number of hydrogen-bond acceptors (Lipinski definition) is 7. The van der Waals surface area contributed by atoms with Crippen LogP contribution in [0.1, 0.15) is 23.5 Å². The molecule has 132 valence electrons. The Morgan fingerprint density at radius 1 is 1.20 bits per heavy atom. The Bertz CT molecular complexity index is 757. The first kappa shape index (κ1) is 16.2. The minimum atomic E-state index is -0.318. The minimum Gasteiger partial charge on any atom is -0.378 e. The van der Waals surface area contributed by atoms with Crippen molar-refractivity contribution in [2.75, 3.05) is 44.4 Å². The van der Waals surface area contributed by atoms with Gasteiger partial charge in [-0.3, -0.25) is 4.79 Å². The molecule has 2 saturated heterocycles. The molecule has 2 fully saturated rings. The van der Waals surface area contributed by atoms with Crippen molar-refractivity contribution in [3.05, 3.63) is 24.0 Å². The van der Waals surface area contributed by atoms with Crippen molar-refractivity contribution in [1.29, 1.82) is 0 Å². The number of nitrogens with one attached hydrogen (secondary N) is 1. The predicted molar refractivity (Wildman–Crippen MR) is 91.7 cm³/mol. The highest BCUT2D eigenvalue weighted by Crippen LogP contribution is 2.20. The molecule has 25 heavy (non-hydrogen) atoms. The summed E-state index contributed by atoms with van der Waals surface area (Å²) in [5, 5.41) is 10.9. The molecule has 1 aromatic heterocycles. The molecule has 0 bridgehead atoms. The molecule has 1 atom stereocenters. The highest BCUT2D eigenvalue weighted by molar-refractivity contribution is 5.92. The summed E-state index contributed by atoms with van der Waals surface area (Å²) in [6.45, 7) is 4.37. The molecule has 8 nitrogen and oxygen atoms in total. The van der Waals surface area contributed by atoms with Crippen LogP contribution >= 0.6 is 0 Å². The molecule has 0 radical (unpaired) electrons. The summed E-state index contributed by atoms with van der Waals surface area (Å²) in [6.07, 6.45) is 2.10. The number of nitrogens with zero attached hydrogens (tertiary/aromatic N) is 4. The van der Waals surface area contributed by atoms with Gasteiger partial charge in [0.2, 0.25) is 5.82 Å². The van der Waals surface area contributed by atoms with Gasteiger partial charge in [-0.1, -0.05) is 0 Å². The van der Waals surface area contributed by atoms with Crippen LogP contribution in [0.3, 0.4) is 0 Å². The zero-order valence-electron chi connectivity index (χ0n) is 14.0. The zero-order chi connectivity index (χ0) is 17.1. The molecule has 3 heterocycles. The number of rotatable bonds is 4. The fourth-order valence-electron chi connectivity index (χ4n) is 3.13. The smallest absolute Gasteiger partial charge is 0.291 e. The molecule has 8 heteroatoms. The third-order valence-corrected chi connectivity index (χ3v) is 4.53. The van der Waals surface area contributed by atoms with Crippen LogP contribution in [0.5, 0.6) is 0 Å². The summed E-state index contributed by atoms with van der Waals surface area (Å²) < 4.78 is 10.9. The van der Waals surface area contributed by atoms with E-state index in [0.717, 1.165) is 51.4 Å². The van der Waals surface area contributed by atoms with Crippen LogP contribution in [0.25, 0.3) is 11.0 Å². The van der Waals surface area contributed by atoms with E-state index in [-0.39, 0.29) is 17.8 Å². The van der Waals surface area contributed by atoms with E-state index in [1.165, 1.54) is 0 Å². The summed E-state index contributed by atoms with van der Waals surface area (Å²) >= 11 is 0. The van der Waals surface area contributed by atoms with E-state index < -0.39 is 0 Å². The summed E-state index contributed by atoms with van der Waals surface area (Å²) in [5.74, 6) is -0.230. The van der Waals surface area contributed by atoms with E-state index in [1.54, 1.807) is 0 Å². The number of ether oxygens (including phenoxy) is 2. The highest BCUT2D eigenvalue weighted by atomic mass is 16.5. The predicted octanol–water partition coefficient (Wildman–Crippen LogP) is 0.770. The van der Waals surface area contributed by atoms with E-state index in [4.69, 9.17) is 9.47 Å². The van der Waals surface area contributed by atoms with Gasteiger partial charge in [0.1, 0.15) is 5.52 Å². The van der Waals surface area contributed by atoms with Crippen molar-refractivity contribution in [2.45, 2.75) is 18.9 Å². The number of fused-ring (bicyclic) bond motifs is 1. The van der Waals surface area contributed by atoms with Crippen LogP contribution in [0.15, 0.2) is 18.2 Å². The second-order valence-corrected chi connectivity index (χ2v) is 6.25. The molecule has 1 aromatic carbocycles. The fourth-order valence-corrected chi connectivity index (χ4v) is 3.13. The van der Waals surface area contributed by atoms with Gasteiger partial charge in [0.05, 0.1) is 24.8 Å². The molecule has 0 spiro atoms. The van der Waals surface area contributed by atoms with Crippen molar-refractivity contribution in [2.24, 2.45) is 0 Å². The maximum atomic E-state index is 12.3. The SMILES string of the molecule is O=C(NC[C@@H]1CCCO1)c1nnc2ccc(N3CCOCC3)cc2n1. The highest BCUT2D eigenvalue weighted by Gasteiger charge is 2.18. The van der Waals surface area contributed by atoms with Gasteiger partial charge in [0, 0.05) is 31.9 Å². The molecular weight excluding hydrogens is 322 g/mol. The van der Waals surface area contributed by atoms with Crippen molar-refractivity contribution >= 4 is 22.6 Å². The second-order valence-electron chi connectivity index (χ2n) is 6.25. The monoisotopic (exact) mass is 343 g/mol. The van der Waals surface area contributed by atoms with Crippen molar-refractivity contribution in [3.63, 3.8) is 0 Å². The topological polar surface area (TPSA) is 89.5 Å². The Balaban J connectivity index is 1.50. The summed E-state index contributed by atoms with van der Waals surface area (Å²) in [4.78, 5) is 18.9. The van der Waals surface area contributed by atoms with Gasteiger partial charge in [-0.15, -0.1) is 10.2 Å². The Morgan fingerprint density at radius 2 is 2.08 bits per heavy atom. The number of anilines is 1. The Hall–Kier alpha value is -2.32. The lowest BCUT2D eigenvalue weighted by atomic mass is 10.2. The molecule has 0 unspecified atom stereocenters. The van der Waals surface area contributed by atoms with Gasteiger partial charge < -0.3 is 19.7 Å². The molecule has 1 N–H and O–H groups in total. The molecule has 0 saturated carbocycles. The van der Waals surface area contributed by atoms with Crippen LogP contribution in [0.2, 0.25) is 0 Å². The van der Waals surface area contributed by atoms with Crippen molar-refractivity contribution in [3.8, 4) is 0 Å². The molecule has 2 aliphatic heterocycles. The molecular formula is C17H21N5O3. The Morgan fingerprint density at radius 3 is 2.88 bits per heavy atom. The average molecular weight is 343 g/mol. The van der Waals surface area contributed by atoms with Crippen molar-refractivity contribution in [1.82, 2.24) is 20.5 Å². The van der Waals surface area contributed by atoms with Gasteiger partial charge in [0.15, 0.2) is 0 Å². The summed E-state index contributed by atoms with van der Waals surface area (Å²) in [7, 11) is 0. The van der Waals surface area contributed by atoms with E-state index in [2.05, 4.69) is 25.4 Å². The van der Waals surface area contributed by atoms with Gasteiger partial charge >= 0.3 is 0 Å². The average Bonchev–Trinajstić information content (AvgIpc) is 3.19. The number of hydrogen-bond donors (Lipinski definition) is 1. The van der Waals surface area contributed by atoms with E-state index in [1.807, 2.05) is 18.2 Å². The van der Waals surface area contributed by atoms with Gasteiger partial charge in [-0.25, -0.2) is 4.98 Å². The number of aromatic nitrogens is 3. The first-order valence-corrected chi connectivity index (χ1v) is 8.66. The van der Waals surface area contributed by atoms with Crippen LogP contribution in [-0.4, -0.2) is 66.6 Å². The third kappa shape index (κ3) is 3.69. The second kappa shape index (κ2) is 7.28. The van der Waals surface area contributed by atoms with E-state index in [9.17, 15) is 4.79 Å². The lowest BCUT2D eigenvalue weighted by Crippen LogP contribution is -2.36. The van der Waals surface area contributed by atoms with Gasteiger partial charge in [-0.05, 0) is 31.0 Å². The number of benzene rings is 1. The lowest BCUT2D eigenvalue weighted by molar-refractivity contribution is 0.0848. The van der Waals surface area contributed by atoms with Gasteiger partial charge in [0.25, 0.3) is 5.91 Å². The molecule has 0 aliphatic carbocycles. The number of carbonyl (C=O) groups excluding carboxylic acids is 1. The standard InChI is InChI=1S/C17H21N5O3/c23-17(18-11-13-2-1-7-25-13)16-19-15-10-12(3-4-14(15)20-21-16)22-5-8-24-9-6-22/h3-4,10,13H,1-2,5-9,11H2,(H,18,23)/t13-/m0/s1. The van der Waals surface area contributed by atoms with Crippen molar-refractivity contribution < 1.29 is 14.3 Å². The van der Waals surface area contributed by atoms with Crippen LogP contribution < -0.4 is 10.2 Å². The summed E-state index contributed by atoms with van der Waals surface area (Å²) in [6, 6.07) is 5.83.